The van der Waals surface area contributed by atoms with E-state index in [9.17, 15) is 9.18 Å². The summed E-state index contributed by atoms with van der Waals surface area (Å²) in [6.07, 6.45) is 2.46. The molecule has 0 unspecified atom stereocenters. The minimum atomic E-state index is -0.671. The molecule has 0 fully saturated rings. The molecule has 21 heavy (non-hydrogen) atoms. The van der Waals surface area contributed by atoms with Crippen LogP contribution >= 0.6 is 24.2 Å². The number of benzene rings is 1. The van der Waals surface area contributed by atoms with Crippen LogP contribution in [0, 0.1) is 5.82 Å². The first-order valence-corrected chi connectivity index (χ1v) is 7.39. The molecule has 0 bridgehead atoms. The number of hydrogen-bond donors (Lipinski definition) is 2. The Kier molecular flexibility index (Phi) is 9.16. The van der Waals surface area contributed by atoms with Gasteiger partial charge in [0.2, 0.25) is 5.91 Å². The Balaban J connectivity index is 0.00000400. The van der Waals surface area contributed by atoms with Gasteiger partial charge in [0.05, 0.1) is 25.9 Å². The molecule has 8 heteroatoms. The van der Waals surface area contributed by atoms with Gasteiger partial charge in [0, 0.05) is 12.1 Å². The topological polar surface area (TPSA) is 73.6 Å². The third kappa shape index (κ3) is 5.61. The highest BCUT2D eigenvalue weighted by Gasteiger charge is 2.17. The standard InChI is InChI=1S/C13H19FN2O3S.ClH/c1-18-11-6-8(14)10(7-12(11)19-2)16-13(17)9(15)4-5-20-3;/h6-7,9H,4-5,15H2,1-3H3,(H,16,17);1H/t9-;/m0./s1. The molecule has 0 spiro atoms. The number of anilines is 1. The molecule has 0 radical (unpaired) electrons. The number of hydrogen-bond acceptors (Lipinski definition) is 5. The third-order valence-electron chi connectivity index (χ3n) is 2.70. The van der Waals surface area contributed by atoms with Crippen molar-refractivity contribution in [1.82, 2.24) is 0 Å². The van der Waals surface area contributed by atoms with Gasteiger partial charge in [-0.25, -0.2) is 4.39 Å². The number of amides is 1. The SMILES string of the molecule is COc1cc(F)c(NC(=O)[C@@H](N)CCSC)cc1OC.Cl. The van der Waals surface area contributed by atoms with Crippen LogP contribution in [0.25, 0.3) is 0 Å². The van der Waals surface area contributed by atoms with Crippen LogP contribution in [-0.2, 0) is 4.79 Å². The number of rotatable bonds is 7. The van der Waals surface area contributed by atoms with Gasteiger partial charge in [0.25, 0.3) is 0 Å². The van der Waals surface area contributed by atoms with Crippen molar-refractivity contribution in [3.63, 3.8) is 0 Å². The molecule has 1 aromatic rings. The zero-order valence-electron chi connectivity index (χ0n) is 12.1. The van der Waals surface area contributed by atoms with Gasteiger partial charge < -0.3 is 20.5 Å². The van der Waals surface area contributed by atoms with Crippen LogP contribution in [0.4, 0.5) is 10.1 Å². The van der Waals surface area contributed by atoms with Crippen LogP contribution in [0.3, 0.4) is 0 Å². The van der Waals surface area contributed by atoms with Gasteiger partial charge >= 0.3 is 0 Å². The van der Waals surface area contributed by atoms with Crippen molar-refractivity contribution >= 4 is 35.8 Å². The number of methoxy groups -OCH3 is 2. The van der Waals surface area contributed by atoms with E-state index < -0.39 is 17.8 Å². The highest BCUT2D eigenvalue weighted by molar-refractivity contribution is 7.98. The maximum absolute atomic E-state index is 13.8. The summed E-state index contributed by atoms with van der Waals surface area (Å²) >= 11 is 1.60. The Bertz CT molecular complexity index is 477. The largest absolute Gasteiger partial charge is 0.493 e. The summed E-state index contributed by atoms with van der Waals surface area (Å²) in [5.74, 6) is 0.331. The van der Waals surface area contributed by atoms with Crippen LogP contribution in [0.15, 0.2) is 12.1 Å². The maximum Gasteiger partial charge on any atom is 0.241 e. The monoisotopic (exact) mass is 338 g/mol. The molecule has 0 saturated heterocycles. The van der Waals surface area contributed by atoms with Crippen LogP contribution < -0.4 is 20.5 Å². The van der Waals surface area contributed by atoms with E-state index in [0.29, 0.717) is 12.2 Å². The van der Waals surface area contributed by atoms with Crippen molar-refractivity contribution in [2.75, 3.05) is 31.5 Å². The van der Waals surface area contributed by atoms with Gasteiger partial charge in [-0.05, 0) is 18.4 Å². The van der Waals surface area contributed by atoms with Crippen molar-refractivity contribution in [3.05, 3.63) is 17.9 Å². The zero-order chi connectivity index (χ0) is 15.1. The fourth-order valence-electron chi connectivity index (χ4n) is 1.55. The van der Waals surface area contributed by atoms with Gasteiger partial charge in [0.1, 0.15) is 0 Å². The van der Waals surface area contributed by atoms with Gasteiger partial charge in [-0.1, -0.05) is 0 Å². The first-order chi connectivity index (χ1) is 9.53. The summed E-state index contributed by atoms with van der Waals surface area (Å²) < 4.78 is 23.9. The molecule has 120 valence electrons. The van der Waals surface area contributed by atoms with Crippen molar-refractivity contribution in [3.8, 4) is 11.5 Å². The Morgan fingerprint density at radius 3 is 2.48 bits per heavy atom. The number of nitrogens with one attached hydrogen (secondary N) is 1. The fraction of sp³-hybridized carbons (Fsp3) is 0.462. The summed E-state index contributed by atoms with van der Waals surface area (Å²) in [5, 5.41) is 2.46. The van der Waals surface area contributed by atoms with Gasteiger partial charge in [-0.15, -0.1) is 12.4 Å². The van der Waals surface area contributed by atoms with E-state index in [1.54, 1.807) is 11.8 Å². The quantitative estimate of drug-likeness (QED) is 0.798. The molecule has 0 heterocycles. The average Bonchev–Trinajstić information content (AvgIpc) is 2.45. The lowest BCUT2D eigenvalue weighted by Crippen LogP contribution is -2.36. The van der Waals surface area contributed by atoms with Crippen molar-refractivity contribution in [2.45, 2.75) is 12.5 Å². The normalized spacial score (nSPS) is 11.3. The smallest absolute Gasteiger partial charge is 0.241 e. The van der Waals surface area contributed by atoms with E-state index in [2.05, 4.69) is 5.32 Å². The number of carbonyl (C=O) groups excluding carboxylic acids is 1. The lowest BCUT2D eigenvalue weighted by molar-refractivity contribution is -0.117. The second-order valence-electron chi connectivity index (χ2n) is 4.06. The molecule has 3 N–H and O–H groups in total. The van der Waals surface area contributed by atoms with E-state index in [1.165, 1.54) is 20.3 Å². The molecule has 1 aromatic carbocycles. The lowest BCUT2D eigenvalue weighted by atomic mass is 10.2. The highest BCUT2D eigenvalue weighted by atomic mass is 35.5. The second kappa shape index (κ2) is 9.70. The molecule has 0 aliphatic rings. The van der Waals surface area contributed by atoms with E-state index in [-0.39, 0.29) is 23.8 Å². The summed E-state index contributed by atoms with van der Waals surface area (Å²) in [6.45, 7) is 0. The molecule has 0 aromatic heterocycles. The van der Waals surface area contributed by atoms with Crippen molar-refractivity contribution < 1.29 is 18.7 Å². The Hall–Kier alpha value is -1.18. The average molecular weight is 339 g/mol. The Morgan fingerprint density at radius 2 is 1.95 bits per heavy atom. The number of ether oxygens (including phenoxy) is 2. The summed E-state index contributed by atoms with van der Waals surface area (Å²) in [7, 11) is 2.85. The third-order valence-corrected chi connectivity index (χ3v) is 3.34. The molecule has 5 nitrogen and oxygen atoms in total. The van der Waals surface area contributed by atoms with Crippen LogP contribution in [0.1, 0.15) is 6.42 Å². The number of carbonyl (C=O) groups is 1. The minimum Gasteiger partial charge on any atom is -0.493 e. The van der Waals surface area contributed by atoms with Gasteiger partial charge in [-0.2, -0.15) is 11.8 Å². The molecular formula is C13H20ClFN2O3S. The molecule has 0 aliphatic heterocycles. The predicted octanol–water partition coefficient (Wildman–Crippen LogP) is 2.28. The van der Waals surface area contributed by atoms with Crippen LogP contribution in [-0.4, -0.2) is 38.2 Å². The first-order valence-electron chi connectivity index (χ1n) is 6.00. The Morgan fingerprint density at radius 1 is 1.38 bits per heavy atom. The zero-order valence-corrected chi connectivity index (χ0v) is 13.8. The second-order valence-corrected chi connectivity index (χ2v) is 5.05. The van der Waals surface area contributed by atoms with E-state index in [1.807, 2.05) is 6.26 Å². The van der Waals surface area contributed by atoms with Gasteiger partial charge in [0.15, 0.2) is 17.3 Å². The van der Waals surface area contributed by atoms with E-state index in [4.69, 9.17) is 15.2 Å². The van der Waals surface area contributed by atoms with Crippen molar-refractivity contribution in [1.29, 1.82) is 0 Å². The molecular weight excluding hydrogens is 319 g/mol. The molecule has 1 rings (SSSR count). The molecule has 1 amide bonds. The molecule has 0 aliphatic carbocycles. The number of nitrogens with two attached hydrogens (primary N) is 1. The highest BCUT2D eigenvalue weighted by Crippen LogP contribution is 2.32. The summed E-state index contributed by atoms with van der Waals surface area (Å²) in [4.78, 5) is 11.8. The van der Waals surface area contributed by atoms with Crippen molar-refractivity contribution in [2.24, 2.45) is 5.73 Å². The summed E-state index contributed by atoms with van der Waals surface area (Å²) in [6, 6.07) is 1.85. The molecule has 0 saturated carbocycles. The molecule has 1 atom stereocenters. The maximum atomic E-state index is 13.8. The minimum absolute atomic E-state index is 0. The lowest BCUT2D eigenvalue weighted by Gasteiger charge is -2.14. The summed E-state index contributed by atoms with van der Waals surface area (Å²) in [5.41, 5.74) is 5.74. The fourth-order valence-corrected chi connectivity index (χ4v) is 2.04. The first kappa shape index (κ1) is 19.8. The van der Waals surface area contributed by atoms with Gasteiger partial charge in [-0.3, -0.25) is 4.79 Å². The number of halogens is 2. The predicted molar refractivity (Wildman–Crippen MR) is 86.4 cm³/mol. The van der Waals surface area contributed by atoms with Crippen LogP contribution in [0.5, 0.6) is 11.5 Å². The van der Waals surface area contributed by atoms with E-state index >= 15 is 0 Å². The van der Waals surface area contributed by atoms with E-state index in [0.717, 1.165) is 11.8 Å². The van der Waals surface area contributed by atoms with Crippen LogP contribution in [0.2, 0.25) is 0 Å². The number of thioether (sulfide) groups is 1. The Labute approximate surface area is 134 Å².